The molecule has 2 aromatic rings. The molecule has 6 nitrogen and oxygen atoms in total. The SMILES string of the molecule is COc1c(F)cc(Br)c(-c2noc(CN)n2)c1OC. The molecular formula is C11H11BrFN3O3. The second-order valence-electron chi connectivity index (χ2n) is 3.50. The van der Waals surface area contributed by atoms with E-state index in [1.807, 2.05) is 0 Å². The van der Waals surface area contributed by atoms with Crippen LogP contribution in [-0.4, -0.2) is 24.4 Å². The van der Waals surface area contributed by atoms with Crippen molar-refractivity contribution in [2.75, 3.05) is 14.2 Å². The van der Waals surface area contributed by atoms with Crippen molar-refractivity contribution in [2.45, 2.75) is 6.54 Å². The Morgan fingerprint density at radius 1 is 1.37 bits per heavy atom. The molecule has 0 fully saturated rings. The number of methoxy groups -OCH3 is 2. The summed E-state index contributed by atoms with van der Waals surface area (Å²) in [5, 5.41) is 3.78. The van der Waals surface area contributed by atoms with Crippen molar-refractivity contribution in [3.63, 3.8) is 0 Å². The third kappa shape index (κ3) is 2.41. The maximum Gasteiger partial charge on any atom is 0.240 e. The van der Waals surface area contributed by atoms with E-state index in [0.717, 1.165) is 0 Å². The zero-order chi connectivity index (χ0) is 14.0. The lowest BCUT2D eigenvalue weighted by atomic mass is 10.1. The van der Waals surface area contributed by atoms with Gasteiger partial charge in [0, 0.05) is 4.47 Å². The van der Waals surface area contributed by atoms with Crippen molar-refractivity contribution in [1.82, 2.24) is 10.1 Å². The Hall–Kier alpha value is -1.67. The molecule has 0 saturated carbocycles. The number of nitrogens with zero attached hydrogens (tertiary/aromatic N) is 2. The molecule has 102 valence electrons. The van der Waals surface area contributed by atoms with Gasteiger partial charge >= 0.3 is 0 Å². The molecule has 0 aliphatic carbocycles. The Balaban J connectivity index is 2.67. The van der Waals surface area contributed by atoms with Crippen LogP contribution in [0.3, 0.4) is 0 Å². The third-order valence-electron chi connectivity index (χ3n) is 2.42. The summed E-state index contributed by atoms with van der Waals surface area (Å²) in [6, 6.07) is 1.25. The Kier molecular flexibility index (Phi) is 4.01. The first kappa shape index (κ1) is 13.8. The van der Waals surface area contributed by atoms with Crippen LogP contribution in [-0.2, 0) is 6.54 Å². The second kappa shape index (κ2) is 5.54. The topological polar surface area (TPSA) is 83.4 Å². The molecule has 0 aliphatic rings. The van der Waals surface area contributed by atoms with Crippen LogP contribution in [0.25, 0.3) is 11.4 Å². The monoisotopic (exact) mass is 331 g/mol. The number of ether oxygens (including phenoxy) is 2. The van der Waals surface area contributed by atoms with Crippen LogP contribution in [0, 0.1) is 5.82 Å². The first-order chi connectivity index (χ1) is 9.12. The molecule has 8 heteroatoms. The van der Waals surface area contributed by atoms with Crippen molar-refractivity contribution in [3.05, 3.63) is 22.2 Å². The summed E-state index contributed by atoms with van der Waals surface area (Å²) in [6.45, 7) is 0.116. The highest BCUT2D eigenvalue weighted by molar-refractivity contribution is 9.10. The van der Waals surface area contributed by atoms with Gasteiger partial charge < -0.3 is 19.7 Å². The van der Waals surface area contributed by atoms with E-state index in [4.69, 9.17) is 19.7 Å². The molecule has 0 unspecified atom stereocenters. The van der Waals surface area contributed by atoms with Gasteiger partial charge in [-0.1, -0.05) is 5.16 Å². The maximum atomic E-state index is 13.7. The molecule has 19 heavy (non-hydrogen) atoms. The van der Waals surface area contributed by atoms with Gasteiger partial charge in [-0.3, -0.25) is 0 Å². The lowest BCUT2D eigenvalue weighted by Crippen LogP contribution is -1.99. The number of rotatable bonds is 4. The van der Waals surface area contributed by atoms with Crippen LogP contribution < -0.4 is 15.2 Å². The molecule has 2 rings (SSSR count). The van der Waals surface area contributed by atoms with Gasteiger partial charge in [-0.25, -0.2) is 4.39 Å². The average molecular weight is 332 g/mol. The van der Waals surface area contributed by atoms with Gasteiger partial charge in [0.15, 0.2) is 17.3 Å². The summed E-state index contributed by atoms with van der Waals surface area (Å²) in [7, 11) is 2.75. The lowest BCUT2D eigenvalue weighted by molar-refractivity contribution is 0.337. The van der Waals surface area contributed by atoms with Gasteiger partial charge in [0.25, 0.3) is 0 Å². The lowest BCUT2D eigenvalue weighted by Gasteiger charge is -2.12. The van der Waals surface area contributed by atoms with Crippen LogP contribution >= 0.6 is 15.9 Å². The summed E-state index contributed by atoms with van der Waals surface area (Å²) in [4.78, 5) is 4.08. The molecule has 1 aromatic carbocycles. The van der Waals surface area contributed by atoms with Crippen LogP contribution in [0.5, 0.6) is 11.5 Å². The number of aromatic nitrogens is 2. The van der Waals surface area contributed by atoms with Crippen LogP contribution in [0.4, 0.5) is 4.39 Å². The van der Waals surface area contributed by atoms with Gasteiger partial charge in [-0.2, -0.15) is 4.98 Å². The number of nitrogens with two attached hydrogens (primary N) is 1. The molecule has 1 aromatic heterocycles. The summed E-state index contributed by atoms with van der Waals surface area (Å²) >= 11 is 3.24. The molecule has 1 heterocycles. The Morgan fingerprint density at radius 2 is 2.05 bits per heavy atom. The van der Waals surface area contributed by atoms with Crippen LogP contribution in [0.15, 0.2) is 15.1 Å². The maximum absolute atomic E-state index is 13.7. The van der Waals surface area contributed by atoms with Crippen molar-refractivity contribution in [2.24, 2.45) is 5.73 Å². The third-order valence-corrected chi connectivity index (χ3v) is 3.04. The zero-order valence-electron chi connectivity index (χ0n) is 10.2. The molecule has 0 bridgehead atoms. The standard InChI is InChI=1S/C11H11BrFN3O3/c1-17-9-6(13)3-5(12)8(10(9)18-2)11-15-7(4-14)19-16-11/h3H,4,14H2,1-2H3. The van der Waals surface area contributed by atoms with Crippen molar-refractivity contribution >= 4 is 15.9 Å². The first-order valence-electron chi connectivity index (χ1n) is 5.25. The van der Waals surface area contributed by atoms with Crippen molar-refractivity contribution < 1.29 is 18.4 Å². The van der Waals surface area contributed by atoms with Gasteiger partial charge in [0.05, 0.1) is 26.3 Å². The molecule has 0 saturated heterocycles. The fourth-order valence-corrected chi connectivity index (χ4v) is 2.17. The fraction of sp³-hybridized carbons (Fsp3) is 0.273. The van der Waals surface area contributed by atoms with E-state index in [2.05, 4.69) is 26.1 Å². The van der Waals surface area contributed by atoms with Crippen LogP contribution in [0.2, 0.25) is 0 Å². The van der Waals surface area contributed by atoms with Crippen molar-refractivity contribution in [3.8, 4) is 22.9 Å². The van der Waals surface area contributed by atoms with E-state index >= 15 is 0 Å². The largest absolute Gasteiger partial charge is 0.492 e. The fourth-order valence-electron chi connectivity index (χ4n) is 1.61. The smallest absolute Gasteiger partial charge is 0.240 e. The molecule has 0 spiro atoms. The zero-order valence-corrected chi connectivity index (χ0v) is 11.8. The quantitative estimate of drug-likeness (QED) is 0.923. The summed E-state index contributed by atoms with van der Waals surface area (Å²) in [6.07, 6.45) is 0. The van der Waals surface area contributed by atoms with E-state index in [-0.39, 0.29) is 29.8 Å². The van der Waals surface area contributed by atoms with E-state index < -0.39 is 5.82 Å². The highest BCUT2D eigenvalue weighted by atomic mass is 79.9. The van der Waals surface area contributed by atoms with Gasteiger partial charge in [-0.15, -0.1) is 0 Å². The van der Waals surface area contributed by atoms with Gasteiger partial charge in [0.1, 0.15) is 0 Å². The van der Waals surface area contributed by atoms with Crippen LogP contribution in [0.1, 0.15) is 5.89 Å². The average Bonchev–Trinajstić information content (AvgIpc) is 2.86. The van der Waals surface area contributed by atoms with E-state index in [0.29, 0.717) is 10.0 Å². The number of benzene rings is 1. The predicted octanol–water partition coefficient (Wildman–Crippen LogP) is 2.11. The summed E-state index contributed by atoms with van der Waals surface area (Å²) < 4.78 is 29.3. The van der Waals surface area contributed by atoms with E-state index in [1.54, 1.807) is 0 Å². The van der Waals surface area contributed by atoms with Crippen molar-refractivity contribution in [1.29, 1.82) is 0 Å². The molecule has 0 radical (unpaired) electrons. The molecule has 0 atom stereocenters. The summed E-state index contributed by atoms with van der Waals surface area (Å²) in [5.41, 5.74) is 5.84. The number of hydrogen-bond donors (Lipinski definition) is 1. The number of halogens is 2. The Morgan fingerprint density at radius 3 is 2.58 bits per heavy atom. The van der Waals surface area contributed by atoms with Gasteiger partial charge in [0.2, 0.25) is 11.7 Å². The van der Waals surface area contributed by atoms with E-state index in [9.17, 15) is 4.39 Å². The molecule has 0 amide bonds. The minimum absolute atomic E-state index is 0.0280. The summed E-state index contributed by atoms with van der Waals surface area (Å²) in [5.74, 6) is 0.103. The molecule has 2 N–H and O–H groups in total. The number of hydrogen-bond acceptors (Lipinski definition) is 6. The second-order valence-corrected chi connectivity index (χ2v) is 4.35. The van der Waals surface area contributed by atoms with E-state index in [1.165, 1.54) is 20.3 Å². The predicted molar refractivity (Wildman–Crippen MR) is 68.4 cm³/mol. The molecule has 0 aliphatic heterocycles. The minimum Gasteiger partial charge on any atom is -0.492 e. The highest BCUT2D eigenvalue weighted by Gasteiger charge is 2.23. The molecular weight excluding hydrogens is 321 g/mol. The Labute approximate surface area is 116 Å². The minimum atomic E-state index is -0.558. The highest BCUT2D eigenvalue weighted by Crippen LogP contribution is 2.43. The van der Waals surface area contributed by atoms with Gasteiger partial charge in [-0.05, 0) is 22.0 Å². The Bertz CT molecular complexity index is 603. The first-order valence-corrected chi connectivity index (χ1v) is 6.04. The normalized spacial score (nSPS) is 10.6.